The van der Waals surface area contributed by atoms with Crippen molar-refractivity contribution in [2.24, 2.45) is 5.92 Å². The Bertz CT molecular complexity index is 556. The van der Waals surface area contributed by atoms with Crippen LogP contribution in [-0.2, 0) is 9.53 Å². The van der Waals surface area contributed by atoms with Crippen molar-refractivity contribution in [3.63, 3.8) is 0 Å². The van der Waals surface area contributed by atoms with Crippen molar-refractivity contribution in [1.29, 1.82) is 0 Å². The van der Waals surface area contributed by atoms with E-state index < -0.39 is 12.1 Å². The highest BCUT2D eigenvalue weighted by Gasteiger charge is 2.24. The SMILES string of the molecule is CCOC(=O)NC(C(=O)Nc1ccc(N(CC)C(C)C)cc1)C(C)C. The zero-order valence-electron chi connectivity index (χ0n) is 16.1. The van der Waals surface area contributed by atoms with E-state index in [0.29, 0.717) is 11.7 Å². The molecule has 1 rings (SSSR count). The molecule has 0 heterocycles. The van der Waals surface area contributed by atoms with E-state index in [1.165, 1.54) is 0 Å². The quantitative estimate of drug-likeness (QED) is 0.752. The Kier molecular flexibility index (Phi) is 8.25. The van der Waals surface area contributed by atoms with Crippen molar-refractivity contribution in [2.75, 3.05) is 23.4 Å². The minimum atomic E-state index is -0.651. The van der Waals surface area contributed by atoms with Gasteiger partial charge in [-0.25, -0.2) is 4.79 Å². The van der Waals surface area contributed by atoms with Crippen LogP contribution < -0.4 is 15.5 Å². The molecule has 25 heavy (non-hydrogen) atoms. The van der Waals surface area contributed by atoms with Gasteiger partial charge in [-0.2, -0.15) is 0 Å². The summed E-state index contributed by atoms with van der Waals surface area (Å²) in [6.45, 7) is 13.1. The smallest absolute Gasteiger partial charge is 0.407 e. The number of nitrogens with one attached hydrogen (secondary N) is 2. The zero-order chi connectivity index (χ0) is 19.0. The number of ether oxygens (including phenoxy) is 1. The third-order valence-electron chi connectivity index (χ3n) is 3.93. The molecular formula is C19H31N3O3. The predicted octanol–water partition coefficient (Wildman–Crippen LogP) is 3.63. The van der Waals surface area contributed by atoms with Crippen LogP contribution in [0.1, 0.15) is 41.5 Å². The number of anilines is 2. The number of benzene rings is 1. The van der Waals surface area contributed by atoms with Crippen molar-refractivity contribution in [3.05, 3.63) is 24.3 Å². The summed E-state index contributed by atoms with van der Waals surface area (Å²) in [4.78, 5) is 26.4. The number of hydrogen-bond donors (Lipinski definition) is 2. The molecule has 140 valence electrons. The molecule has 0 fully saturated rings. The summed E-state index contributed by atoms with van der Waals surface area (Å²) in [5.74, 6) is -0.313. The van der Waals surface area contributed by atoms with Gasteiger partial charge in [0.25, 0.3) is 0 Å². The van der Waals surface area contributed by atoms with Gasteiger partial charge in [0.15, 0.2) is 0 Å². The summed E-state index contributed by atoms with van der Waals surface area (Å²) in [5, 5.41) is 5.47. The third kappa shape index (κ3) is 6.29. The Morgan fingerprint density at radius 3 is 2.12 bits per heavy atom. The first-order chi connectivity index (χ1) is 11.8. The summed E-state index contributed by atoms with van der Waals surface area (Å²) >= 11 is 0. The molecule has 2 N–H and O–H groups in total. The van der Waals surface area contributed by atoms with Gasteiger partial charge in [-0.1, -0.05) is 13.8 Å². The second-order valence-corrected chi connectivity index (χ2v) is 6.50. The van der Waals surface area contributed by atoms with Gasteiger partial charge in [0, 0.05) is 24.0 Å². The largest absolute Gasteiger partial charge is 0.450 e. The van der Waals surface area contributed by atoms with Crippen LogP contribution >= 0.6 is 0 Å². The molecule has 0 aliphatic carbocycles. The molecule has 1 unspecified atom stereocenters. The molecule has 6 heteroatoms. The number of alkyl carbamates (subject to hydrolysis) is 1. The van der Waals surface area contributed by atoms with Gasteiger partial charge in [0.1, 0.15) is 6.04 Å². The molecule has 0 aliphatic heterocycles. The van der Waals surface area contributed by atoms with Gasteiger partial charge in [-0.05, 0) is 57.9 Å². The molecule has 0 aromatic heterocycles. The average molecular weight is 349 g/mol. The Balaban J connectivity index is 2.78. The fourth-order valence-electron chi connectivity index (χ4n) is 2.64. The van der Waals surface area contributed by atoms with Gasteiger partial charge < -0.3 is 20.3 Å². The standard InChI is InChI=1S/C19H31N3O3/c1-7-22(14(5)6)16-11-9-15(10-12-16)20-18(23)17(13(3)4)21-19(24)25-8-2/h9-14,17H,7-8H2,1-6H3,(H,20,23)(H,21,24). The van der Waals surface area contributed by atoms with Crippen molar-refractivity contribution in [3.8, 4) is 0 Å². The lowest BCUT2D eigenvalue weighted by atomic mass is 10.0. The number of hydrogen-bond acceptors (Lipinski definition) is 4. The molecule has 0 spiro atoms. The summed E-state index contributed by atoms with van der Waals surface area (Å²) in [5.41, 5.74) is 1.81. The molecule has 2 amide bonds. The van der Waals surface area contributed by atoms with Gasteiger partial charge in [-0.15, -0.1) is 0 Å². The minimum absolute atomic E-state index is 0.0554. The van der Waals surface area contributed by atoms with Crippen LogP contribution in [0.4, 0.5) is 16.2 Å². The molecule has 6 nitrogen and oxygen atoms in total. The molecule has 0 saturated carbocycles. The summed E-state index contributed by atoms with van der Waals surface area (Å²) in [6, 6.07) is 7.48. The van der Waals surface area contributed by atoms with Crippen LogP contribution in [0.25, 0.3) is 0 Å². The number of amides is 2. The predicted molar refractivity (Wildman–Crippen MR) is 102 cm³/mol. The molecule has 1 aromatic rings. The topological polar surface area (TPSA) is 70.7 Å². The zero-order valence-corrected chi connectivity index (χ0v) is 16.1. The van der Waals surface area contributed by atoms with Crippen LogP contribution in [0.5, 0.6) is 0 Å². The van der Waals surface area contributed by atoms with Crippen LogP contribution in [0.3, 0.4) is 0 Å². The Morgan fingerprint density at radius 1 is 1.08 bits per heavy atom. The molecular weight excluding hydrogens is 318 g/mol. The minimum Gasteiger partial charge on any atom is -0.450 e. The monoisotopic (exact) mass is 349 g/mol. The summed E-state index contributed by atoms with van der Waals surface area (Å²) in [7, 11) is 0. The van der Waals surface area contributed by atoms with Crippen LogP contribution in [0, 0.1) is 5.92 Å². The lowest BCUT2D eigenvalue weighted by Crippen LogP contribution is -2.47. The Labute approximate surface area is 150 Å². The third-order valence-corrected chi connectivity index (χ3v) is 3.93. The number of nitrogens with zero attached hydrogens (tertiary/aromatic N) is 1. The molecule has 0 aliphatic rings. The van der Waals surface area contributed by atoms with Gasteiger partial charge >= 0.3 is 6.09 Å². The van der Waals surface area contributed by atoms with Crippen molar-refractivity contribution in [1.82, 2.24) is 5.32 Å². The maximum atomic E-state index is 12.5. The fraction of sp³-hybridized carbons (Fsp3) is 0.579. The van der Waals surface area contributed by atoms with Crippen molar-refractivity contribution in [2.45, 2.75) is 53.6 Å². The first-order valence-corrected chi connectivity index (χ1v) is 8.90. The Hall–Kier alpha value is -2.24. The van der Waals surface area contributed by atoms with E-state index in [1.54, 1.807) is 6.92 Å². The lowest BCUT2D eigenvalue weighted by Gasteiger charge is -2.27. The molecule has 1 aromatic carbocycles. The van der Waals surface area contributed by atoms with Crippen molar-refractivity contribution < 1.29 is 14.3 Å². The van der Waals surface area contributed by atoms with E-state index in [9.17, 15) is 9.59 Å². The molecule has 0 radical (unpaired) electrons. The highest BCUT2D eigenvalue weighted by Crippen LogP contribution is 2.20. The molecule has 0 saturated heterocycles. The van der Waals surface area contributed by atoms with Crippen molar-refractivity contribution >= 4 is 23.4 Å². The Morgan fingerprint density at radius 2 is 1.68 bits per heavy atom. The average Bonchev–Trinajstić information content (AvgIpc) is 2.54. The second kappa shape index (κ2) is 9.91. The first-order valence-electron chi connectivity index (χ1n) is 8.90. The van der Waals surface area contributed by atoms with E-state index in [-0.39, 0.29) is 18.4 Å². The van der Waals surface area contributed by atoms with Crippen LogP contribution in [0.15, 0.2) is 24.3 Å². The molecule has 0 bridgehead atoms. The van der Waals surface area contributed by atoms with E-state index >= 15 is 0 Å². The lowest BCUT2D eigenvalue weighted by molar-refractivity contribution is -0.119. The van der Waals surface area contributed by atoms with E-state index in [0.717, 1.165) is 12.2 Å². The highest BCUT2D eigenvalue weighted by molar-refractivity contribution is 5.96. The second-order valence-electron chi connectivity index (χ2n) is 6.50. The number of carbonyl (C=O) groups is 2. The molecule has 1 atom stereocenters. The van der Waals surface area contributed by atoms with Crippen LogP contribution in [-0.4, -0.2) is 37.2 Å². The summed E-state index contributed by atoms with van der Waals surface area (Å²) in [6.07, 6.45) is -0.581. The maximum Gasteiger partial charge on any atom is 0.407 e. The number of rotatable bonds is 8. The van der Waals surface area contributed by atoms with Gasteiger partial charge in [-0.3, -0.25) is 4.79 Å². The van der Waals surface area contributed by atoms with Gasteiger partial charge in [0.05, 0.1) is 6.61 Å². The highest BCUT2D eigenvalue weighted by atomic mass is 16.5. The number of carbonyl (C=O) groups excluding carboxylic acids is 2. The van der Waals surface area contributed by atoms with E-state index in [1.807, 2.05) is 38.1 Å². The first kappa shape index (κ1) is 20.8. The normalized spacial score (nSPS) is 12.0. The van der Waals surface area contributed by atoms with E-state index in [2.05, 4.69) is 36.3 Å². The van der Waals surface area contributed by atoms with Crippen LogP contribution in [0.2, 0.25) is 0 Å². The van der Waals surface area contributed by atoms with E-state index in [4.69, 9.17) is 4.74 Å². The maximum absolute atomic E-state index is 12.5. The fourth-order valence-corrected chi connectivity index (χ4v) is 2.64. The summed E-state index contributed by atoms with van der Waals surface area (Å²) < 4.78 is 4.86. The van der Waals surface area contributed by atoms with Gasteiger partial charge in [0.2, 0.25) is 5.91 Å².